The van der Waals surface area contributed by atoms with E-state index in [2.05, 4.69) is 44.8 Å². The predicted molar refractivity (Wildman–Crippen MR) is 85.6 cm³/mol. The summed E-state index contributed by atoms with van der Waals surface area (Å²) in [5, 5.41) is 3.62. The van der Waals surface area contributed by atoms with Crippen LogP contribution in [0.15, 0.2) is 0 Å². The molecule has 1 heterocycles. The van der Waals surface area contributed by atoms with E-state index < -0.39 is 0 Å². The standard InChI is InChI=1S/C17H36N2/c1-6-11-18-14-17(5,8-3)15-19-12-9-16(4,7-2)10-13-19/h18H,6-15H2,1-5H3. The van der Waals surface area contributed by atoms with E-state index in [1.807, 2.05) is 0 Å². The van der Waals surface area contributed by atoms with Gasteiger partial charge in [-0.1, -0.05) is 41.0 Å². The number of nitrogens with one attached hydrogen (secondary N) is 1. The lowest BCUT2D eigenvalue weighted by atomic mass is 9.77. The van der Waals surface area contributed by atoms with Gasteiger partial charge in [0, 0.05) is 13.1 Å². The lowest BCUT2D eigenvalue weighted by Gasteiger charge is -2.42. The van der Waals surface area contributed by atoms with Crippen LogP contribution in [-0.4, -0.2) is 37.6 Å². The average molecular weight is 268 g/mol. The van der Waals surface area contributed by atoms with Gasteiger partial charge in [0.1, 0.15) is 0 Å². The van der Waals surface area contributed by atoms with Gasteiger partial charge in [-0.3, -0.25) is 0 Å². The molecule has 0 aromatic rings. The molecule has 0 aromatic carbocycles. The molecule has 0 saturated carbocycles. The molecule has 114 valence electrons. The summed E-state index contributed by atoms with van der Waals surface area (Å²) in [5.74, 6) is 0. The molecule has 0 bridgehead atoms. The maximum absolute atomic E-state index is 3.62. The largest absolute Gasteiger partial charge is 0.316 e. The Morgan fingerprint density at radius 2 is 1.79 bits per heavy atom. The Kier molecular flexibility index (Phi) is 6.82. The number of nitrogens with zero attached hydrogens (tertiary/aromatic N) is 1. The van der Waals surface area contributed by atoms with E-state index in [0.29, 0.717) is 10.8 Å². The third-order valence-corrected chi connectivity index (χ3v) is 5.35. The van der Waals surface area contributed by atoms with E-state index in [-0.39, 0.29) is 0 Å². The first kappa shape index (κ1) is 17.0. The topological polar surface area (TPSA) is 15.3 Å². The van der Waals surface area contributed by atoms with Gasteiger partial charge in [-0.25, -0.2) is 0 Å². The quantitative estimate of drug-likeness (QED) is 0.671. The van der Waals surface area contributed by atoms with Crippen LogP contribution in [0.2, 0.25) is 0 Å². The molecule has 2 heteroatoms. The number of rotatable bonds is 8. The number of piperidine rings is 1. The molecule has 1 atom stereocenters. The summed E-state index contributed by atoms with van der Waals surface area (Å²) in [7, 11) is 0. The van der Waals surface area contributed by atoms with E-state index in [4.69, 9.17) is 0 Å². The molecular formula is C17H36N2. The highest BCUT2D eigenvalue weighted by atomic mass is 15.1. The highest BCUT2D eigenvalue weighted by Crippen LogP contribution is 2.35. The first-order chi connectivity index (χ1) is 8.97. The van der Waals surface area contributed by atoms with Crippen molar-refractivity contribution in [2.45, 2.75) is 66.7 Å². The molecule has 0 spiro atoms. The summed E-state index contributed by atoms with van der Waals surface area (Å²) in [6, 6.07) is 0. The van der Waals surface area contributed by atoms with Crippen molar-refractivity contribution in [1.29, 1.82) is 0 Å². The molecule has 0 aromatic heterocycles. The summed E-state index contributed by atoms with van der Waals surface area (Å²) < 4.78 is 0. The fourth-order valence-electron chi connectivity index (χ4n) is 3.00. The Morgan fingerprint density at radius 1 is 1.16 bits per heavy atom. The predicted octanol–water partition coefficient (Wildman–Crippen LogP) is 3.91. The van der Waals surface area contributed by atoms with Crippen LogP contribution in [0.25, 0.3) is 0 Å². The Labute approximate surface area is 121 Å². The molecule has 1 aliphatic heterocycles. The third-order valence-electron chi connectivity index (χ3n) is 5.35. The van der Waals surface area contributed by atoms with Crippen molar-refractivity contribution in [2.75, 3.05) is 32.7 Å². The number of hydrogen-bond acceptors (Lipinski definition) is 2. The Balaban J connectivity index is 2.40. The summed E-state index contributed by atoms with van der Waals surface area (Å²) >= 11 is 0. The van der Waals surface area contributed by atoms with Crippen LogP contribution in [0.1, 0.15) is 66.7 Å². The lowest BCUT2D eigenvalue weighted by Crippen LogP contribution is -2.46. The molecule has 2 nitrogen and oxygen atoms in total. The van der Waals surface area contributed by atoms with Gasteiger partial charge in [-0.05, 0) is 56.1 Å². The Hall–Kier alpha value is -0.0800. The van der Waals surface area contributed by atoms with Crippen molar-refractivity contribution in [2.24, 2.45) is 10.8 Å². The van der Waals surface area contributed by atoms with Crippen LogP contribution in [0.3, 0.4) is 0 Å². The minimum Gasteiger partial charge on any atom is -0.316 e. The van der Waals surface area contributed by atoms with E-state index >= 15 is 0 Å². The average Bonchev–Trinajstić information content (AvgIpc) is 2.42. The van der Waals surface area contributed by atoms with Gasteiger partial charge in [0.2, 0.25) is 0 Å². The summed E-state index contributed by atoms with van der Waals surface area (Å²) in [6.07, 6.45) is 6.60. The molecule has 0 radical (unpaired) electrons. The Bertz CT molecular complexity index is 244. The molecule has 1 aliphatic rings. The first-order valence-corrected chi connectivity index (χ1v) is 8.40. The second kappa shape index (κ2) is 7.64. The summed E-state index contributed by atoms with van der Waals surface area (Å²) in [6.45, 7) is 18.0. The highest BCUT2D eigenvalue weighted by molar-refractivity contribution is 4.86. The number of hydrogen-bond donors (Lipinski definition) is 1. The monoisotopic (exact) mass is 268 g/mol. The molecule has 1 fully saturated rings. The maximum atomic E-state index is 3.62. The molecule has 0 amide bonds. The van der Waals surface area contributed by atoms with Crippen molar-refractivity contribution in [3.8, 4) is 0 Å². The van der Waals surface area contributed by atoms with Gasteiger partial charge in [0.05, 0.1) is 0 Å². The summed E-state index contributed by atoms with van der Waals surface area (Å²) in [5.41, 5.74) is 1.05. The molecular weight excluding hydrogens is 232 g/mol. The van der Waals surface area contributed by atoms with Gasteiger partial charge in [-0.2, -0.15) is 0 Å². The number of likely N-dealkylation sites (tertiary alicyclic amines) is 1. The lowest BCUT2D eigenvalue weighted by molar-refractivity contribution is 0.0753. The third kappa shape index (κ3) is 5.43. The Morgan fingerprint density at radius 3 is 2.26 bits per heavy atom. The zero-order valence-electron chi connectivity index (χ0n) is 14.0. The highest BCUT2D eigenvalue weighted by Gasteiger charge is 2.31. The zero-order chi connectivity index (χ0) is 14.4. The van der Waals surface area contributed by atoms with E-state index in [9.17, 15) is 0 Å². The SMILES string of the molecule is CCCNCC(C)(CC)CN1CCC(C)(CC)CC1. The van der Waals surface area contributed by atoms with Crippen LogP contribution < -0.4 is 5.32 Å². The van der Waals surface area contributed by atoms with Crippen molar-refractivity contribution in [3.63, 3.8) is 0 Å². The summed E-state index contributed by atoms with van der Waals surface area (Å²) in [4.78, 5) is 2.70. The molecule has 1 unspecified atom stereocenters. The molecule has 1 saturated heterocycles. The van der Waals surface area contributed by atoms with E-state index in [1.165, 1.54) is 58.3 Å². The van der Waals surface area contributed by atoms with Crippen LogP contribution in [-0.2, 0) is 0 Å². The van der Waals surface area contributed by atoms with Gasteiger partial charge in [0.15, 0.2) is 0 Å². The van der Waals surface area contributed by atoms with E-state index in [1.54, 1.807) is 0 Å². The second-order valence-corrected chi connectivity index (χ2v) is 7.28. The van der Waals surface area contributed by atoms with Gasteiger partial charge in [0.25, 0.3) is 0 Å². The second-order valence-electron chi connectivity index (χ2n) is 7.28. The van der Waals surface area contributed by atoms with Crippen LogP contribution in [0.4, 0.5) is 0 Å². The van der Waals surface area contributed by atoms with Crippen molar-refractivity contribution in [1.82, 2.24) is 10.2 Å². The van der Waals surface area contributed by atoms with Crippen molar-refractivity contribution >= 4 is 0 Å². The van der Waals surface area contributed by atoms with Crippen LogP contribution in [0.5, 0.6) is 0 Å². The fourth-order valence-corrected chi connectivity index (χ4v) is 3.00. The minimum atomic E-state index is 0.440. The van der Waals surface area contributed by atoms with Gasteiger partial charge < -0.3 is 10.2 Å². The molecule has 1 N–H and O–H groups in total. The molecule has 19 heavy (non-hydrogen) atoms. The fraction of sp³-hybridized carbons (Fsp3) is 1.00. The molecule has 0 aliphatic carbocycles. The maximum Gasteiger partial charge on any atom is 0.00474 e. The van der Waals surface area contributed by atoms with E-state index in [0.717, 1.165) is 6.54 Å². The van der Waals surface area contributed by atoms with Gasteiger partial charge in [-0.15, -0.1) is 0 Å². The molecule has 1 rings (SSSR count). The van der Waals surface area contributed by atoms with Crippen LogP contribution >= 0.6 is 0 Å². The van der Waals surface area contributed by atoms with Crippen molar-refractivity contribution < 1.29 is 0 Å². The van der Waals surface area contributed by atoms with Gasteiger partial charge >= 0.3 is 0 Å². The minimum absolute atomic E-state index is 0.440. The first-order valence-electron chi connectivity index (χ1n) is 8.40. The zero-order valence-corrected chi connectivity index (χ0v) is 14.0. The van der Waals surface area contributed by atoms with Crippen molar-refractivity contribution in [3.05, 3.63) is 0 Å². The van der Waals surface area contributed by atoms with Crippen LogP contribution in [0, 0.1) is 10.8 Å². The smallest absolute Gasteiger partial charge is 0.00474 e. The normalized spacial score (nSPS) is 23.2.